The number of imide groups is 1. The molecule has 3 fully saturated rings. The van der Waals surface area contributed by atoms with Gasteiger partial charge in [-0.2, -0.15) is 5.53 Å². The number of hydrogen-bond acceptors (Lipinski definition) is 8. The van der Waals surface area contributed by atoms with Gasteiger partial charge in [0.15, 0.2) is 0 Å². The molecule has 2 aliphatic heterocycles. The highest BCUT2D eigenvalue weighted by molar-refractivity contribution is 8.00. The summed E-state index contributed by atoms with van der Waals surface area (Å²) in [4.78, 5) is 36.3. The quantitative estimate of drug-likeness (QED) is 0.453. The molecule has 3 amide bonds. The van der Waals surface area contributed by atoms with Gasteiger partial charge in [0.1, 0.15) is 0 Å². The highest BCUT2D eigenvalue weighted by atomic mass is 32.2. The van der Waals surface area contributed by atoms with Crippen LogP contribution in [0.25, 0.3) is 0 Å². The highest BCUT2D eigenvalue weighted by Crippen LogP contribution is 2.32. The van der Waals surface area contributed by atoms with E-state index in [1.807, 2.05) is 0 Å². The zero-order chi connectivity index (χ0) is 17.8. The monoisotopic (exact) mass is 371 g/mol. The van der Waals surface area contributed by atoms with Crippen molar-refractivity contribution in [1.29, 1.82) is 0 Å². The van der Waals surface area contributed by atoms with Gasteiger partial charge in [-0.15, -0.1) is 11.8 Å². The maximum atomic E-state index is 12.6. The molecule has 10 heteroatoms. The molecule has 1 saturated carbocycles. The van der Waals surface area contributed by atoms with Crippen LogP contribution in [0.15, 0.2) is 0 Å². The Hall–Kier alpha value is -1.36. The van der Waals surface area contributed by atoms with Crippen LogP contribution in [-0.2, 0) is 14.3 Å². The van der Waals surface area contributed by atoms with Gasteiger partial charge in [-0.3, -0.25) is 14.9 Å². The summed E-state index contributed by atoms with van der Waals surface area (Å²) in [5, 5.41) is 4.95. The summed E-state index contributed by atoms with van der Waals surface area (Å²) in [6.45, 7) is 1.89. The van der Waals surface area contributed by atoms with Crippen LogP contribution in [-0.4, -0.2) is 47.7 Å². The summed E-state index contributed by atoms with van der Waals surface area (Å²) in [5.74, 6) is -0.103. The number of carbonyl (C=O) groups is 3. The van der Waals surface area contributed by atoms with Gasteiger partial charge >= 0.3 is 6.09 Å². The van der Waals surface area contributed by atoms with Crippen molar-refractivity contribution in [3.8, 4) is 0 Å². The second kappa shape index (κ2) is 8.35. The van der Waals surface area contributed by atoms with E-state index >= 15 is 0 Å². The SMILES string of the molecule is CCOC(=O)NC(=O)C1CCSC1NC(=O)C1CCC2NNNC2C1. The number of hydrogen-bond donors (Lipinski definition) is 5. The Bertz CT molecular complexity index is 534. The summed E-state index contributed by atoms with van der Waals surface area (Å²) in [6, 6.07) is 0.594. The third-order valence-electron chi connectivity index (χ3n) is 4.95. The van der Waals surface area contributed by atoms with Gasteiger partial charge in [0.05, 0.1) is 17.9 Å². The summed E-state index contributed by atoms with van der Waals surface area (Å²) in [5.41, 5.74) is 9.20. The van der Waals surface area contributed by atoms with Gasteiger partial charge in [-0.25, -0.2) is 15.6 Å². The molecular formula is C15H25N5O4S. The molecule has 5 N–H and O–H groups in total. The molecule has 0 radical (unpaired) electrons. The van der Waals surface area contributed by atoms with Crippen LogP contribution in [0.5, 0.6) is 0 Å². The van der Waals surface area contributed by atoms with E-state index in [1.54, 1.807) is 18.7 Å². The smallest absolute Gasteiger partial charge is 0.413 e. The summed E-state index contributed by atoms with van der Waals surface area (Å²) < 4.78 is 4.74. The first-order valence-electron chi connectivity index (χ1n) is 8.74. The van der Waals surface area contributed by atoms with Gasteiger partial charge in [0.2, 0.25) is 11.8 Å². The Morgan fingerprint density at radius 3 is 2.72 bits per heavy atom. The Kier molecular flexibility index (Phi) is 6.15. The van der Waals surface area contributed by atoms with Crippen molar-refractivity contribution in [3.05, 3.63) is 0 Å². The first-order chi connectivity index (χ1) is 12.1. The lowest BCUT2D eigenvalue weighted by Crippen LogP contribution is -2.48. The standard InChI is InChI=1S/C15H25N5O4S/c1-2-24-15(23)17-13(22)9-5-6-25-14(9)16-12(21)8-3-4-10-11(7-8)19-20-18-10/h8-11,14,18-20H,2-7H2,1H3,(H,16,21)(H,17,22,23). The van der Waals surface area contributed by atoms with E-state index in [0.717, 1.165) is 25.0 Å². The molecule has 5 atom stereocenters. The minimum Gasteiger partial charge on any atom is -0.450 e. The van der Waals surface area contributed by atoms with Crippen LogP contribution in [0.4, 0.5) is 4.79 Å². The van der Waals surface area contributed by atoms with Gasteiger partial charge in [0, 0.05) is 18.0 Å². The normalized spacial score (nSPS) is 34.2. The van der Waals surface area contributed by atoms with Crippen molar-refractivity contribution in [2.24, 2.45) is 11.8 Å². The number of thioether (sulfide) groups is 1. The number of rotatable bonds is 4. The molecule has 0 aromatic carbocycles. The number of ether oxygens (including phenoxy) is 1. The molecule has 2 saturated heterocycles. The van der Waals surface area contributed by atoms with Gasteiger partial charge < -0.3 is 10.1 Å². The minimum absolute atomic E-state index is 0.0134. The van der Waals surface area contributed by atoms with E-state index in [4.69, 9.17) is 4.74 Å². The molecule has 25 heavy (non-hydrogen) atoms. The highest BCUT2D eigenvalue weighted by Gasteiger charge is 2.40. The first kappa shape index (κ1) is 18.4. The van der Waals surface area contributed by atoms with E-state index in [1.165, 1.54) is 0 Å². The predicted molar refractivity (Wildman–Crippen MR) is 92.0 cm³/mol. The van der Waals surface area contributed by atoms with Crippen LogP contribution in [0.2, 0.25) is 0 Å². The number of alkyl carbamates (subject to hydrolysis) is 1. The number of amides is 3. The van der Waals surface area contributed by atoms with Gasteiger partial charge in [-0.05, 0) is 38.4 Å². The topological polar surface area (TPSA) is 121 Å². The average molecular weight is 371 g/mol. The fourth-order valence-corrected chi connectivity index (χ4v) is 4.92. The zero-order valence-electron chi connectivity index (χ0n) is 14.2. The summed E-state index contributed by atoms with van der Waals surface area (Å²) in [6.07, 6.45) is 2.40. The van der Waals surface area contributed by atoms with Crippen molar-refractivity contribution >= 4 is 29.7 Å². The summed E-state index contributed by atoms with van der Waals surface area (Å²) in [7, 11) is 0. The van der Waals surface area contributed by atoms with E-state index in [0.29, 0.717) is 12.5 Å². The van der Waals surface area contributed by atoms with Crippen molar-refractivity contribution in [2.75, 3.05) is 12.4 Å². The molecule has 5 unspecified atom stereocenters. The molecule has 9 nitrogen and oxygen atoms in total. The average Bonchev–Trinajstić information content (AvgIpc) is 3.22. The molecule has 3 aliphatic rings. The lowest BCUT2D eigenvalue weighted by atomic mass is 9.82. The zero-order valence-corrected chi connectivity index (χ0v) is 15.0. The molecule has 0 aromatic heterocycles. The molecule has 2 heterocycles. The fraction of sp³-hybridized carbons (Fsp3) is 0.800. The van der Waals surface area contributed by atoms with Crippen molar-refractivity contribution in [2.45, 2.75) is 50.1 Å². The largest absolute Gasteiger partial charge is 0.450 e. The first-order valence-corrected chi connectivity index (χ1v) is 9.79. The third-order valence-corrected chi connectivity index (χ3v) is 6.23. The van der Waals surface area contributed by atoms with Crippen molar-refractivity contribution in [3.63, 3.8) is 0 Å². The van der Waals surface area contributed by atoms with E-state index < -0.39 is 12.0 Å². The van der Waals surface area contributed by atoms with E-state index in [9.17, 15) is 14.4 Å². The molecule has 3 rings (SSSR count). The maximum Gasteiger partial charge on any atom is 0.413 e. The predicted octanol–water partition coefficient (Wildman–Crippen LogP) is -0.396. The van der Waals surface area contributed by atoms with Crippen LogP contribution in [0, 0.1) is 11.8 Å². The Morgan fingerprint density at radius 2 is 1.92 bits per heavy atom. The van der Waals surface area contributed by atoms with Crippen LogP contribution >= 0.6 is 11.8 Å². The van der Waals surface area contributed by atoms with E-state index in [-0.39, 0.29) is 35.8 Å². The summed E-state index contributed by atoms with van der Waals surface area (Å²) >= 11 is 1.55. The lowest BCUT2D eigenvalue weighted by Gasteiger charge is -2.30. The molecule has 1 aliphatic carbocycles. The van der Waals surface area contributed by atoms with Crippen molar-refractivity contribution in [1.82, 2.24) is 27.0 Å². The van der Waals surface area contributed by atoms with Crippen LogP contribution < -0.4 is 27.0 Å². The Balaban J connectivity index is 1.51. The third kappa shape index (κ3) is 4.43. The minimum atomic E-state index is -0.736. The molecule has 0 bridgehead atoms. The van der Waals surface area contributed by atoms with E-state index in [2.05, 4.69) is 27.0 Å². The van der Waals surface area contributed by atoms with Crippen molar-refractivity contribution < 1.29 is 19.1 Å². The number of fused-ring (bicyclic) bond motifs is 1. The van der Waals surface area contributed by atoms with Crippen LogP contribution in [0.1, 0.15) is 32.6 Å². The molecular weight excluding hydrogens is 346 g/mol. The van der Waals surface area contributed by atoms with Gasteiger partial charge in [0.25, 0.3) is 0 Å². The lowest BCUT2D eigenvalue weighted by molar-refractivity contribution is -0.128. The number of hydrazine groups is 2. The van der Waals surface area contributed by atoms with Gasteiger partial charge in [-0.1, -0.05) is 0 Å². The number of carbonyl (C=O) groups excluding carboxylic acids is 3. The fourth-order valence-electron chi connectivity index (χ4n) is 3.59. The molecule has 140 valence electrons. The maximum absolute atomic E-state index is 12.6. The van der Waals surface area contributed by atoms with Crippen LogP contribution in [0.3, 0.4) is 0 Å². The molecule has 0 spiro atoms. The molecule has 0 aromatic rings. The second-order valence-corrected chi connectivity index (χ2v) is 7.79. The number of nitrogens with one attached hydrogen (secondary N) is 5. The Morgan fingerprint density at radius 1 is 1.12 bits per heavy atom. The second-order valence-electron chi connectivity index (χ2n) is 6.54. The Labute approximate surface area is 150 Å².